The van der Waals surface area contributed by atoms with Crippen LogP contribution in [0.3, 0.4) is 0 Å². The van der Waals surface area contributed by atoms with Gasteiger partial charge in [-0.15, -0.1) is 0 Å². The van der Waals surface area contributed by atoms with Crippen molar-refractivity contribution >= 4 is 0 Å². The van der Waals surface area contributed by atoms with Gasteiger partial charge in [-0.3, -0.25) is 15.0 Å². The maximum Gasteiger partial charge on any atom is 0.130 e. The van der Waals surface area contributed by atoms with E-state index in [9.17, 15) is 0 Å². The molecule has 0 aliphatic rings. The van der Waals surface area contributed by atoms with E-state index >= 15 is 0 Å². The summed E-state index contributed by atoms with van der Waals surface area (Å²) >= 11 is 0. The number of nitrogens with zero attached hydrogens (tertiary/aromatic N) is 9. The average molecular weight is 1060 g/mol. The summed E-state index contributed by atoms with van der Waals surface area (Å²) in [4.78, 5) is 35.9. The molecule has 7 rings (SSSR count). The molecule has 6 aromatic heterocycles. The summed E-state index contributed by atoms with van der Waals surface area (Å²) in [6.07, 6.45) is 21.3. The van der Waals surface area contributed by atoms with Crippen LogP contribution in [0.15, 0.2) is 160 Å². The molecule has 0 aliphatic heterocycles. The summed E-state index contributed by atoms with van der Waals surface area (Å²) < 4.78 is 0. The fourth-order valence-electron chi connectivity index (χ4n) is 4.88. The molecule has 0 bridgehead atoms. The van der Waals surface area contributed by atoms with Gasteiger partial charge in [0.1, 0.15) is 18.5 Å². The van der Waals surface area contributed by atoms with E-state index in [2.05, 4.69) is 172 Å². The fourth-order valence-corrected chi connectivity index (χ4v) is 4.88. The van der Waals surface area contributed by atoms with E-state index in [1.807, 2.05) is 189 Å². The highest BCUT2D eigenvalue weighted by atomic mass is 14.9. The molecule has 0 aliphatic carbocycles. The second kappa shape index (κ2) is 66.0. The van der Waals surface area contributed by atoms with E-state index < -0.39 is 0 Å². The quantitative estimate of drug-likeness (QED) is 0.154. The second-order valence-corrected chi connectivity index (χ2v) is 16.7. The first-order chi connectivity index (χ1) is 37.1. The van der Waals surface area contributed by atoms with Crippen LogP contribution in [0.2, 0.25) is 0 Å². The Kier molecular flexibility index (Phi) is 72.8. The zero-order chi connectivity index (χ0) is 60.8. The summed E-state index contributed by atoms with van der Waals surface area (Å²) in [6, 6.07) is 28.4. The maximum absolute atomic E-state index is 4.18. The number of rotatable bonds is 7. The molecule has 0 amide bonds. The van der Waals surface area contributed by atoms with Crippen LogP contribution >= 0.6 is 0 Å². The Morgan fingerprint density at radius 3 is 0.896 bits per heavy atom. The van der Waals surface area contributed by atoms with Crippen molar-refractivity contribution in [2.75, 3.05) is 0 Å². The number of hydrogen-bond donors (Lipinski definition) is 0. The van der Waals surface area contributed by atoms with Gasteiger partial charge in [0.25, 0.3) is 0 Å². The first-order valence-corrected chi connectivity index (χ1v) is 29.2. The van der Waals surface area contributed by atoms with E-state index in [0.717, 1.165) is 17.2 Å². The van der Waals surface area contributed by atoms with Crippen molar-refractivity contribution in [2.45, 2.75) is 235 Å². The van der Waals surface area contributed by atoms with Crippen LogP contribution in [0.4, 0.5) is 0 Å². The molecule has 434 valence electrons. The Balaban J connectivity index is -0.000000143. The molecule has 6 heterocycles. The van der Waals surface area contributed by atoms with Gasteiger partial charge in [0, 0.05) is 79.3 Å². The van der Waals surface area contributed by atoms with Crippen LogP contribution in [0.25, 0.3) is 0 Å². The highest BCUT2D eigenvalue weighted by molar-refractivity contribution is 5.18. The van der Waals surface area contributed by atoms with Crippen molar-refractivity contribution in [1.29, 1.82) is 0 Å². The summed E-state index contributed by atoms with van der Waals surface area (Å²) in [5, 5.41) is 0. The zero-order valence-corrected chi connectivity index (χ0v) is 54.6. The third-order valence-corrected chi connectivity index (χ3v) is 9.02. The fraction of sp³-hybridized carbons (Fsp3) is 0.515. The zero-order valence-electron chi connectivity index (χ0n) is 54.6. The lowest BCUT2D eigenvalue weighted by Gasteiger charge is -2.01. The summed E-state index contributed by atoms with van der Waals surface area (Å²) in [7, 11) is 0. The SMILES string of the molecule is CC.CC.CC.CC.CC.CC.CC.CC(C)c1ccccc1.CC(C)c1ccccn1.CC(C)c1cccnc1.CC(C)c1ccncc1.CC(C)c1ccncn1.CC(C)c1cncnc1.CC(C)c1ncccn1. The van der Waals surface area contributed by atoms with Gasteiger partial charge >= 0.3 is 0 Å². The second-order valence-electron chi connectivity index (χ2n) is 16.7. The molecule has 77 heavy (non-hydrogen) atoms. The molecule has 9 nitrogen and oxygen atoms in total. The van der Waals surface area contributed by atoms with Crippen LogP contribution in [-0.4, -0.2) is 44.9 Å². The van der Waals surface area contributed by atoms with Crippen LogP contribution in [0.5, 0.6) is 0 Å². The highest BCUT2D eigenvalue weighted by Gasteiger charge is 1.99. The Bertz CT molecular complexity index is 1610. The number of hydrogen-bond acceptors (Lipinski definition) is 9. The van der Waals surface area contributed by atoms with Crippen molar-refractivity contribution in [3.8, 4) is 0 Å². The Morgan fingerprint density at radius 2 is 0.623 bits per heavy atom. The van der Waals surface area contributed by atoms with Gasteiger partial charge < -0.3 is 0 Å². The first-order valence-electron chi connectivity index (χ1n) is 29.2. The largest absolute Gasteiger partial charge is 0.265 e. The normalized spacial score (nSPS) is 8.82. The van der Waals surface area contributed by atoms with Gasteiger partial charge in [0.2, 0.25) is 0 Å². The Labute approximate surface area is 477 Å². The molecule has 9 heteroatoms. The van der Waals surface area contributed by atoms with Gasteiger partial charge in [-0.05, 0) is 100 Å². The van der Waals surface area contributed by atoms with Crippen molar-refractivity contribution in [2.24, 2.45) is 0 Å². The lowest BCUT2D eigenvalue weighted by molar-refractivity contribution is 0.774. The van der Waals surface area contributed by atoms with Gasteiger partial charge in [-0.2, -0.15) is 0 Å². The van der Waals surface area contributed by atoms with Crippen molar-refractivity contribution in [1.82, 2.24) is 44.9 Å². The third kappa shape index (κ3) is 53.1. The number of benzene rings is 1. The van der Waals surface area contributed by atoms with E-state index in [-0.39, 0.29) is 0 Å². The smallest absolute Gasteiger partial charge is 0.130 e. The van der Waals surface area contributed by atoms with Crippen LogP contribution in [0.1, 0.15) is 275 Å². The maximum atomic E-state index is 4.18. The van der Waals surface area contributed by atoms with Crippen molar-refractivity contribution in [3.63, 3.8) is 0 Å². The van der Waals surface area contributed by atoms with Gasteiger partial charge in [-0.25, -0.2) is 29.9 Å². The molecule has 7 aromatic rings. The third-order valence-electron chi connectivity index (χ3n) is 9.02. The van der Waals surface area contributed by atoms with Gasteiger partial charge in [0.15, 0.2) is 0 Å². The minimum absolute atomic E-state index is 0.436. The molecule has 0 fully saturated rings. The standard InChI is InChI=1S/C9H12.3C8H11N.3C7H10N2.7C2H6/c1-8(2)9-6-4-3-5-7-9;1-7(2)8-3-5-9-6-4-8;1-7(2)8-4-3-5-9-6-8;1-7(2)8-5-3-4-6-9-8;1-6(2)7-3-8-5-9-4-7;1-6(2)7-3-4-8-5-9-7;1-6(2)7-8-4-3-5-9-7;7*1-2/h3-8H,1-2H3;3*3-7H,1-2H3;3*3-6H,1-2H3;7*1-2H3. The van der Waals surface area contributed by atoms with Crippen molar-refractivity contribution < 1.29 is 0 Å². The first kappa shape index (κ1) is 84.8. The van der Waals surface area contributed by atoms with Gasteiger partial charge in [-0.1, -0.05) is 236 Å². The number of aromatic nitrogens is 9. The topological polar surface area (TPSA) is 116 Å². The van der Waals surface area contributed by atoms with Crippen molar-refractivity contribution in [3.05, 3.63) is 199 Å². The predicted molar refractivity (Wildman–Crippen MR) is 343 cm³/mol. The molecule has 1 aromatic carbocycles. The van der Waals surface area contributed by atoms with Crippen LogP contribution in [-0.2, 0) is 0 Å². The molecular formula is C68H117N9. The molecule has 0 unspecified atom stereocenters. The minimum atomic E-state index is 0.436. The van der Waals surface area contributed by atoms with E-state index in [1.54, 1.807) is 37.4 Å². The average Bonchev–Trinajstić information content (AvgIpc) is 3.51. The summed E-state index contributed by atoms with van der Waals surface area (Å²) in [5.74, 6) is 4.81. The molecular weight excluding hydrogens is 943 g/mol. The summed E-state index contributed by atoms with van der Waals surface area (Å²) in [5.41, 5.74) is 7.53. The summed E-state index contributed by atoms with van der Waals surface area (Å²) in [6.45, 7) is 58.0. The molecule has 0 saturated heterocycles. The molecule has 0 spiro atoms. The van der Waals surface area contributed by atoms with Crippen LogP contribution < -0.4 is 0 Å². The van der Waals surface area contributed by atoms with E-state index in [1.165, 1.54) is 22.3 Å². The minimum Gasteiger partial charge on any atom is -0.265 e. The molecule has 0 N–H and O–H groups in total. The molecule has 0 saturated carbocycles. The number of pyridine rings is 3. The Morgan fingerprint density at radius 1 is 0.234 bits per heavy atom. The Hall–Kier alpha value is -6.09. The lowest BCUT2D eigenvalue weighted by Crippen LogP contribution is -1.93. The lowest BCUT2D eigenvalue weighted by atomic mass is 10.0. The van der Waals surface area contributed by atoms with Gasteiger partial charge in [0.05, 0.1) is 0 Å². The van der Waals surface area contributed by atoms with E-state index in [4.69, 9.17) is 0 Å². The van der Waals surface area contributed by atoms with E-state index in [0.29, 0.717) is 41.4 Å². The molecule has 0 radical (unpaired) electrons. The monoisotopic (exact) mass is 1060 g/mol. The molecule has 0 atom stereocenters. The predicted octanol–water partition coefficient (Wildman–Crippen LogP) is 21.4. The highest BCUT2D eigenvalue weighted by Crippen LogP contribution is 2.14. The van der Waals surface area contributed by atoms with Crippen LogP contribution in [0, 0.1) is 0 Å².